The Morgan fingerprint density at radius 1 is 1.43 bits per heavy atom. The van der Waals surface area contributed by atoms with E-state index in [4.69, 9.17) is 4.74 Å². The van der Waals surface area contributed by atoms with Crippen LogP contribution in [0.3, 0.4) is 0 Å². The second kappa shape index (κ2) is 7.18. The zero-order valence-corrected chi connectivity index (χ0v) is 11.6. The van der Waals surface area contributed by atoms with Gasteiger partial charge in [0, 0.05) is 5.69 Å². The van der Waals surface area contributed by atoms with Crippen LogP contribution >= 0.6 is 0 Å². The average Bonchev–Trinajstić information content (AvgIpc) is 2.48. The molecule has 0 fully saturated rings. The Morgan fingerprint density at radius 3 is 3.05 bits per heavy atom. The molecule has 0 saturated carbocycles. The number of carbonyl (C=O) groups is 1. The Hall–Kier alpha value is -2.70. The van der Waals surface area contributed by atoms with E-state index in [1.165, 1.54) is 0 Å². The summed E-state index contributed by atoms with van der Waals surface area (Å²) >= 11 is 0. The summed E-state index contributed by atoms with van der Waals surface area (Å²) in [6.07, 6.45) is 2.88. The maximum Gasteiger partial charge on any atom is 0.338 e. The van der Waals surface area contributed by atoms with Gasteiger partial charge in [0.25, 0.3) is 5.56 Å². The van der Waals surface area contributed by atoms with Gasteiger partial charge in [0.2, 0.25) is 5.95 Å². The van der Waals surface area contributed by atoms with Crippen molar-refractivity contribution in [2.45, 2.75) is 19.8 Å². The highest BCUT2D eigenvalue weighted by molar-refractivity contribution is 5.90. The summed E-state index contributed by atoms with van der Waals surface area (Å²) in [6, 6.07) is 6.75. The largest absolute Gasteiger partial charge is 0.462 e. The fraction of sp³-hybridized carbons (Fsp3) is 0.286. The van der Waals surface area contributed by atoms with Gasteiger partial charge in [-0.3, -0.25) is 9.78 Å². The van der Waals surface area contributed by atoms with Crippen molar-refractivity contribution in [2.24, 2.45) is 0 Å². The molecule has 0 spiro atoms. The number of carbonyl (C=O) groups excluding carboxylic acids is 1. The van der Waals surface area contributed by atoms with Crippen LogP contribution < -0.4 is 10.9 Å². The van der Waals surface area contributed by atoms with Crippen molar-refractivity contribution in [3.63, 3.8) is 0 Å². The standard InChI is InChI=1S/C14H16N4O3/c1-2-3-7-21-13(20)10-5-4-6-11(8-10)16-14-17-12(19)9-15-18-14/h4-6,8-9H,2-3,7H2,1H3,(H2,16,17,18,19). The molecule has 1 aromatic heterocycles. The Bertz CT molecular complexity index is 669. The van der Waals surface area contributed by atoms with E-state index in [1.54, 1.807) is 24.3 Å². The van der Waals surface area contributed by atoms with E-state index in [0.29, 0.717) is 17.9 Å². The summed E-state index contributed by atoms with van der Waals surface area (Å²) in [7, 11) is 0. The van der Waals surface area contributed by atoms with Gasteiger partial charge in [-0.2, -0.15) is 0 Å². The molecule has 1 heterocycles. The van der Waals surface area contributed by atoms with Gasteiger partial charge in [0.1, 0.15) is 6.20 Å². The minimum Gasteiger partial charge on any atom is -0.462 e. The van der Waals surface area contributed by atoms with Crippen LogP contribution in [0.2, 0.25) is 0 Å². The van der Waals surface area contributed by atoms with Gasteiger partial charge < -0.3 is 10.1 Å². The third-order valence-electron chi connectivity index (χ3n) is 2.67. The number of anilines is 2. The van der Waals surface area contributed by atoms with Crippen LogP contribution in [-0.4, -0.2) is 27.8 Å². The number of nitrogens with one attached hydrogen (secondary N) is 2. The predicted molar refractivity (Wildman–Crippen MR) is 77.6 cm³/mol. The van der Waals surface area contributed by atoms with Crippen molar-refractivity contribution in [2.75, 3.05) is 11.9 Å². The first kappa shape index (κ1) is 14.7. The molecule has 7 nitrogen and oxygen atoms in total. The number of esters is 1. The molecule has 0 saturated heterocycles. The number of rotatable bonds is 6. The molecule has 0 atom stereocenters. The molecular formula is C14H16N4O3. The highest BCUT2D eigenvalue weighted by Gasteiger charge is 2.08. The number of hydrogen-bond donors (Lipinski definition) is 2. The Labute approximate surface area is 121 Å². The van der Waals surface area contributed by atoms with Crippen molar-refractivity contribution in [1.82, 2.24) is 15.2 Å². The van der Waals surface area contributed by atoms with E-state index in [-0.39, 0.29) is 17.5 Å². The Morgan fingerprint density at radius 2 is 2.29 bits per heavy atom. The number of H-pyrrole nitrogens is 1. The first-order valence-electron chi connectivity index (χ1n) is 6.65. The molecule has 0 aliphatic rings. The smallest absolute Gasteiger partial charge is 0.338 e. The lowest BCUT2D eigenvalue weighted by atomic mass is 10.2. The number of benzene rings is 1. The fourth-order valence-electron chi connectivity index (χ4n) is 1.62. The van der Waals surface area contributed by atoms with E-state index in [9.17, 15) is 9.59 Å². The zero-order valence-electron chi connectivity index (χ0n) is 11.6. The number of unbranched alkanes of at least 4 members (excludes halogenated alkanes) is 1. The third-order valence-corrected chi connectivity index (χ3v) is 2.67. The van der Waals surface area contributed by atoms with E-state index >= 15 is 0 Å². The summed E-state index contributed by atoms with van der Waals surface area (Å²) in [5.41, 5.74) is 0.682. The summed E-state index contributed by atoms with van der Waals surface area (Å²) in [5, 5.41) is 10.1. The highest BCUT2D eigenvalue weighted by atomic mass is 16.5. The van der Waals surface area contributed by atoms with Crippen LogP contribution in [0.25, 0.3) is 0 Å². The molecule has 2 N–H and O–H groups in total. The predicted octanol–water partition coefficient (Wildman–Crippen LogP) is 1.87. The van der Waals surface area contributed by atoms with E-state index < -0.39 is 0 Å². The van der Waals surface area contributed by atoms with Gasteiger partial charge in [-0.1, -0.05) is 19.4 Å². The van der Waals surface area contributed by atoms with Crippen LogP contribution in [-0.2, 0) is 4.74 Å². The summed E-state index contributed by atoms with van der Waals surface area (Å²) < 4.78 is 5.14. The number of nitrogens with zero attached hydrogens (tertiary/aromatic N) is 2. The first-order chi connectivity index (χ1) is 10.2. The van der Waals surface area contributed by atoms with Gasteiger partial charge in [-0.15, -0.1) is 10.2 Å². The summed E-state index contributed by atoms with van der Waals surface area (Å²) in [4.78, 5) is 25.5. The number of hydrogen-bond acceptors (Lipinski definition) is 6. The molecule has 2 aromatic rings. The second-order valence-electron chi connectivity index (χ2n) is 4.38. The lowest BCUT2D eigenvalue weighted by molar-refractivity contribution is 0.0500. The lowest BCUT2D eigenvalue weighted by Crippen LogP contribution is -2.11. The van der Waals surface area contributed by atoms with E-state index in [1.807, 2.05) is 6.92 Å². The number of aromatic amines is 1. The minimum absolute atomic E-state index is 0.207. The van der Waals surface area contributed by atoms with Crippen molar-refractivity contribution in [3.05, 3.63) is 46.4 Å². The van der Waals surface area contributed by atoms with Gasteiger partial charge in [-0.25, -0.2) is 4.79 Å². The third kappa shape index (κ3) is 4.41. The van der Waals surface area contributed by atoms with Crippen LogP contribution in [0.5, 0.6) is 0 Å². The molecular weight excluding hydrogens is 272 g/mol. The minimum atomic E-state index is -0.375. The molecule has 1 aromatic carbocycles. The molecule has 0 amide bonds. The monoisotopic (exact) mass is 288 g/mol. The molecule has 110 valence electrons. The molecule has 0 aliphatic heterocycles. The summed E-state index contributed by atoms with van der Waals surface area (Å²) in [5.74, 6) is -0.168. The topological polar surface area (TPSA) is 97.0 Å². The maximum atomic E-state index is 11.8. The van der Waals surface area contributed by atoms with Crippen molar-refractivity contribution in [3.8, 4) is 0 Å². The van der Waals surface area contributed by atoms with Gasteiger partial charge in [0.05, 0.1) is 12.2 Å². The highest BCUT2D eigenvalue weighted by Crippen LogP contribution is 2.14. The quantitative estimate of drug-likeness (QED) is 0.622. The molecule has 7 heteroatoms. The first-order valence-corrected chi connectivity index (χ1v) is 6.65. The van der Waals surface area contributed by atoms with Crippen molar-refractivity contribution < 1.29 is 9.53 Å². The second-order valence-corrected chi connectivity index (χ2v) is 4.38. The number of ether oxygens (including phenoxy) is 1. The molecule has 0 unspecified atom stereocenters. The molecule has 21 heavy (non-hydrogen) atoms. The average molecular weight is 288 g/mol. The SMILES string of the molecule is CCCCOC(=O)c1cccc(Nc2nncc(=O)[nH]2)c1. The molecule has 2 rings (SSSR count). The van der Waals surface area contributed by atoms with Crippen LogP contribution in [0, 0.1) is 0 Å². The normalized spacial score (nSPS) is 10.1. The zero-order chi connectivity index (χ0) is 15.1. The van der Waals surface area contributed by atoms with Crippen LogP contribution in [0.4, 0.5) is 11.6 Å². The molecule has 0 bridgehead atoms. The van der Waals surface area contributed by atoms with Gasteiger partial charge in [-0.05, 0) is 24.6 Å². The Balaban J connectivity index is 2.07. The molecule has 0 aliphatic carbocycles. The van der Waals surface area contributed by atoms with E-state index in [2.05, 4.69) is 20.5 Å². The lowest BCUT2D eigenvalue weighted by Gasteiger charge is -2.07. The van der Waals surface area contributed by atoms with Crippen LogP contribution in [0.1, 0.15) is 30.1 Å². The van der Waals surface area contributed by atoms with Crippen LogP contribution in [0.15, 0.2) is 35.3 Å². The van der Waals surface area contributed by atoms with Gasteiger partial charge >= 0.3 is 5.97 Å². The number of aromatic nitrogens is 3. The maximum absolute atomic E-state index is 11.8. The molecule has 0 radical (unpaired) electrons. The van der Waals surface area contributed by atoms with Gasteiger partial charge in [0.15, 0.2) is 0 Å². The van der Waals surface area contributed by atoms with Crippen molar-refractivity contribution in [1.29, 1.82) is 0 Å². The Kier molecular flexibility index (Phi) is 5.03. The fourth-order valence-corrected chi connectivity index (χ4v) is 1.62. The summed E-state index contributed by atoms with van der Waals surface area (Å²) in [6.45, 7) is 2.44. The van der Waals surface area contributed by atoms with Crippen molar-refractivity contribution >= 4 is 17.6 Å². The van der Waals surface area contributed by atoms with E-state index in [0.717, 1.165) is 19.0 Å².